The van der Waals surface area contributed by atoms with Gasteiger partial charge in [0.25, 0.3) is 5.91 Å². The lowest BCUT2D eigenvalue weighted by Crippen LogP contribution is -2.64. The Labute approximate surface area is 133 Å². The number of fused-ring (bicyclic) bond motifs is 1. The van der Waals surface area contributed by atoms with Crippen LogP contribution < -0.4 is 5.32 Å². The van der Waals surface area contributed by atoms with Crippen molar-refractivity contribution in [2.24, 2.45) is 17.8 Å². The number of aromatic nitrogens is 1. The van der Waals surface area contributed by atoms with E-state index in [4.69, 9.17) is 0 Å². The number of hydrogen-bond donors (Lipinski definition) is 1. The molecule has 4 heterocycles. The minimum absolute atomic E-state index is 0.0859. The molecule has 5 heteroatoms. The molecule has 1 aromatic carbocycles. The van der Waals surface area contributed by atoms with E-state index in [9.17, 15) is 4.79 Å². The molecule has 0 radical (unpaired) electrons. The van der Waals surface area contributed by atoms with Crippen molar-refractivity contribution in [3.63, 3.8) is 0 Å². The number of piperidine rings is 3. The third kappa shape index (κ3) is 1.99. The molecule has 6 rings (SSSR count). The molecule has 3 aliphatic heterocycles. The van der Waals surface area contributed by atoms with E-state index in [0.29, 0.717) is 17.9 Å². The fourth-order valence-corrected chi connectivity index (χ4v) is 5.59. The van der Waals surface area contributed by atoms with E-state index in [1.807, 2.05) is 23.7 Å². The predicted molar refractivity (Wildman–Crippen MR) is 87.0 cm³/mol. The van der Waals surface area contributed by atoms with Crippen molar-refractivity contribution in [2.75, 3.05) is 19.6 Å². The van der Waals surface area contributed by atoms with Crippen LogP contribution in [0.25, 0.3) is 10.2 Å². The number of carbonyl (C=O) groups is 1. The molecule has 1 N–H and O–H groups in total. The minimum atomic E-state index is 0.0859. The van der Waals surface area contributed by atoms with Crippen LogP contribution >= 0.6 is 11.3 Å². The van der Waals surface area contributed by atoms with Crippen LogP contribution in [0.4, 0.5) is 0 Å². The molecule has 114 valence electrons. The molecule has 4 nitrogen and oxygen atoms in total. The lowest BCUT2D eigenvalue weighted by Gasteiger charge is -2.55. The van der Waals surface area contributed by atoms with Gasteiger partial charge < -0.3 is 10.2 Å². The molecule has 3 unspecified atom stereocenters. The summed E-state index contributed by atoms with van der Waals surface area (Å²) in [6.45, 7) is 3.63. The van der Waals surface area contributed by atoms with Gasteiger partial charge in [0.05, 0.1) is 15.7 Å². The summed E-state index contributed by atoms with van der Waals surface area (Å²) in [7, 11) is 0. The Kier molecular flexibility index (Phi) is 2.82. The quantitative estimate of drug-likeness (QED) is 0.926. The molecule has 1 aliphatic carbocycles. The molecule has 3 saturated heterocycles. The van der Waals surface area contributed by atoms with Crippen molar-refractivity contribution in [1.82, 2.24) is 15.2 Å². The fraction of sp³-hybridized carbons (Fsp3) is 0.529. The Balaban J connectivity index is 1.38. The number of nitrogens with one attached hydrogen (secondary N) is 1. The summed E-state index contributed by atoms with van der Waals surface area (Å²) in [5.41, 5.74) is 3.58. The number of amides is 1. The highest BCUT2D eigenvalue weighted by atomic mass is 32.1. The Morgan fingerprint density at radius 1 is 1.23 bits per heavy atom. The van der Waals surface area contributed by atoms with E-state index in [1.54, 1.807) is 11.3 Å². The molecule has 4 bridgehead atoms. The van der Waals surface area contributed by atoms with E-state index < -0.39 is 0 Å². The third-order valence-corrected chi connectivity index (χ3v) is 6.47. The Bertz CT molecular complexity index is 712. The maximum absolute atomic E-state index is 12.7. The fourth-order valence-electron chi connectivity index (χ4n) is 4.87. The highest BCUT2D eigenvalue weighted by molar-refractivity contribution is 7.16. The SMILES string of the molecule is O=C(NC1[C@@H]2CC3C[C@H]1CN(C3)C2)c1ccc2ncsc2c1. The Morgan fingerprint density at radius 2 is 2.05 bits per heavy atom. The van der Waals surface area contributed by atoms with Crippen molar-refractivity contribution in [2.45, 2.75) is 18.9 Å². The summed E-state index contributed by atoms with van der Waals surface area (Å²) < 4.78 is 1.09. The van der Waals surface area contributed by atoms with Gasteiger partial charge in [0.15, 0.2) is 0 Å². The first kappa shape index (κ1) is 13.0. The normalized spacial score (nSPS) is 35.9. The number of nitrogens with zero attached hydrogens (tertiary/aromatic N) is 2. The van der Waals surface area contributed by atoms with E-state index in [0.717, 1.165) is 21.7 Å². The molecule has 5 atom stereocenters. The van der Waals surface area contributed by atoms with Gasteiger partial charge >= 0.3 is 0 Å². The van der Waals surface area contributed by atoms with Crippen LogP contribution in [-0.2, 0) is 0 Å². The van der Waals surface area contributed by atoms with Crippen LogP contribution in [0.3, 0.4) is 0 Å². The average Bonchev–Trinajstić information content (AvgIpc) is 2.97. The van der Waals surface area contributed by atoms with Crippen LogP contribution in [-0.4, -0.2) is 41.5 Å². The summed E-state index contributed by atoms with van der Waals surface area (Å²) in [5, 5.41) is 3.35. The van der Waals surface area contributed by atoms with Crippen molar-refractivity contribution >= 4 is 27.5 Å². The van der Waals surface area contributed by atoms with E-state index in [-0.39, 0.29) is 5.91 Å². The van der Waals surface area contributed by atoms with Gasteiger partial charge in [-0.25, -0.2) is 4.98 Å². The van der Waals surface area contributed by atoms with E-state index in [2.05, 4.69) is 15.2 Å². The smallest absolute Gasteiger partial charge is 0.251 e. The van der Waals surface area contributed by atoms with Gasteiger partial charge in [-0.3, -0.25) is 4.79 Å². The van der Waals surface area contributed by atoms with Gasteiger partial charge in [-0.05, 0) is 48.8 Å². The van der Waals surface area contributed by atoms with Crippen LogP contribution in [0.2, 0.25) is 0 Å². The van der Waals surface area contributed by atoms with Crippen molar-refractivity contribution in [3.8, 4) is 0 Å². The maximum atomic E-state index is 12.7. The van der Waals surface area contributed by atoms with Gasteiger partial charge in [-0.1, -0.05) is 0 Å². The second-order valence-corrected chi connectivity index (χ2v) is 8.00. The second kappa shape index (κ2) is 4.77. The van der Waals surface area contributed by atoms with E-state index >= 15 is 0 Å². The number of carbonyl (C=O) groups excluding carboxylic acids is 1. The monoisotopic (exact) mass is 313 g/mol. The van der Waals surface area contributed by atoms with Crippen LogP contribution in [0.5, 0.6) is 0 Å². The minimum Gasteiger partial charge on any atom is -0.349 e. The predicted octanol–water partition coefficient (Wildman–Crippen LogP) is 2.37. The largest absolute Gasteiger partial charge is 0.349 e. The summed E-state index contributed by atoms with van der Waals surface area (Å²) in [6.07, 6.45) is 2.59. The molecule has 4 aliphatic rings. The second-order valence-electron chi connectivity index (χ2n) is 7.11. The average molecular weight is 313 g/mol. The third-order valence-electron chi connectivity index (χ3n) is 5.68. The van der Waals surface area contributed by atoms with Gasteiger partial charge in [0.2, 0.25) is 0 Å². The topological polar surface area (TPSA) is 45.2 Å². The van der Waals surface area contributed by atoms with Gasteiger partial charge in [0.1, 0.15) is 0 Å². The zero-order chi connectivity index (χ0) is 14.7. The van der Waals surface area contributed by atoms with Gasteiger partial charge in [0, 0.05) is 31.2 Å². The maximum Gasteiger partial charge on any atom is 0.251 e. The number of rotatable bonds is 2. The molecular weight excluding hydrogens is 294 g/mol. The van der Waals surface area contributed by atoms with Gasteiger partial charge in [-0.2, -0.15) is 0 Å². The summed E-state index contributed by atoms with van der Waals surface area (Å²) >= 11 is 1.59. The van der Waals surface area contributed by atoms with Crippen molar-refractivity contribution in [3.05, 3.63) is 29.3 Å². The summed E-state index contributed by atoms with van der Waals surface area (Å²) in [4.78, 5) is 19.5. The lowest BCUT2D eigenvalue weighted by molar-refractivity contribution is -0.0418. The molecular formula is C17H19N3OS. The first-order chi connectivity index (χ1) is 10.8. The van der Waals surface area contributed by atoms with Crippen LogP contribution in [0.1, 0.15) is 23.2 Å². The summed E-state index contributed by atoms with van der Waals surface area (Å²) in [5.74, 6) is 2.27. The Morgan fingerprint density at radius 3 is 2.82 bits per heavy atom. The van der Waals surface area contributed by atoms with Crippen molar-refractivity contribution in [1.29, 1.82) is 0 Å². The van der Waals surface area contributed by atoms with Crippen LogP contribution in [0, 0.1) is 17.8 Å². The first-order valence-corrected chi connectivity index (χ1v) is 9.01. The number of benzene rings is 1. The lowest BCUT2D eigenvalue weighted by atomic mass is 9.65. The Hall–Kier alpha value is -1.46. The zero-order valence-electron chi connectivity index (χ0n) is 12.4. The standard InChI is InChI=1S/C17H19N3OS/c21-17(11-1-2-14-15(5-11)22-9-18-14)19-16-12-3-10-4-13(16)8-20(6-10)7-12/h1-2,5,9-10,12-13,16H,3-4,6-8H2,(H,19,21)/t10?,12-,13+,16?. The molecule has 22 heavy (non-hydrogen) atoms. The number of thiazole rings is 1. The molecule has 1 aromatic heterocycles. The first-order valence-electron chi connectivity index (χ1n) is 8.13. The molecule has 0 spiro atoms. The highest BCUT2D eigenvalue weighted by Gasteiger charge is 2.47. The van der Waals surface area contributed by atoms with Crippen molar-refractivity contribution < 1.29 is 4.79 Å². The molecule has 1 amide bonds. The summed E-state index contributed by atoms with van der Waals surface area (Å²) in [6, 6.07) is 6.19. The van der Waals surface area contributed by atoms with Gasteiger partial charge in [-0.15, -0.1) is 11.3 Å². The number of hydrogen-bond acceptors (Lipinski definition) is 4. The van der Waals surface area contributed by atoms with E-state index in [1.165, 1.54) is 32.5 Å². The molecule has 1 saturated carbocycles. The molecule has 4 fully saturated rings. The van der Waals surface area contributed by atoms with Crippen LogP contribution in [0.15, 0.2) is 23.7 Å². The zero-order valence-corrected chi connectivity index (χ0v) is 13.2. The molecule has 2 aromatic rings. The highest BCUT2D eigenvalue weighted by Crippen LogP contribution is 2.43.